The lowest BCUT2D eigenvalue weighted by Crippen LogP contribution is -2.46. The predicted molar refractivity (Wildman–Crippen MR) is 140 cm³/mol. The molecule has 2 aromatic carbocycles. The summed E-state index contributed by atoms with van der Waals surface area (Å²) < 4.78 is 16.2. The minimum atomic E-state index is -0.885. The fourth-order valence-corrected chi connectivity index (χ4v) is 4.92. The van der Waals surface area contributed by atoms with Crippen molar-refractivity contribution in [3.05, 3.63) is 59.7 Å². The Morgan fingerprint density at radius 1 is 1.03 bits per heavy atom. The zero-order valence-corrected chi connectivity index (χ0v) is 21.7. The van der Waals surface area contributed by atoms with E-state index < -0.39 is 11.9 Å². The van der Waals surface area contributed by atoms with E-state index in [1.54, 1.807) is 47.4 Å². The van der Waals surface area contributed by atoms with Crippen LogP contribution < -0.4 is 19.1 Å². The Morgan fingerprint density at radius 3 is 2.43 bits per heavy atom. The van der Waals surface area contributed by atoms with E-state index in [0.717, 1.165) is 19.3 Å². The number of imide groups is 1. The number of anilines is 1. The van der Waals surface area contributed by atoms with Crippen molar-refractivity contribution in [1.29, 1.82) is 0 Å². The third-order valence-corrected chi connectivity index (χ3v) is 6.86. The molecule has 3 amide bonds. The van der Waals surface area contributed by atoms with Crippen LogP contribution in [0.15, 0.2) is 54.1 Å². The summed E-state index contributed by atoms with van der Waals surface area (Å²) in [4.78, 5) is 43.2. The monoisotopic (exact) mass is 506 g/mol. The second kappa shape index (κ2) is 12.0. The van der Waals surface area contributed by atoms with Crippen LogP contribution in [0, 0.1) is 0 Å². The Kier molecular flexibility index (Phi) is 8.48. The smallest absolute Gasteiger partial charge is 0.257 e. The molecule has 1 unspecified atom stereocenters. The maximum atomic E-state index is 13.8. The van der Waals surface area contributed by atoms with Gasteiger partial charge < -0.3 is 19.1 Å². The van der Waals surface area contributed by atoms with Crippen LogP contribution >= 0.6 is 0 Å². The van der Waals surface area contributed by atoms with Crippen LogP contribution in [0.1, 0.15) is 55.8 Å². The first kappa shape index (κ1) is 26.3. The summed E-state index contributed by atoms with van der Waals surface area (Å²) in [5.41, 5.74) is 2.13. The summed E-state index contributed by atoms with van der Waals surface area (Å²) >= 11 is 0. The van der Waals surface area contributed by atoms with Crippen molar-refractivity contribution >= 4 is 23.4 Å². The SMILES string of the molecule is CCOc1ccc(N2C(=O)CC(N(CCC3=CCCCC3)C(=O)c3ccc(OC)c(OC)c3)C2=O)cc1. The molecule has 0 radical (unpaired) electrons. The molecule has 1 heterocycles. The first-order chi connectivity index (χ1) is 18.0. The molecule has 196 valence electrons. The maximum absolute atomic E-state index is 13.8. The maximum Gasteiger partial charge on any atom is 0.257 e. The van der Waals surface area contributed by atoms with Crippen molar-refractivity contribution in [3.8, 4) is 17.2 Å². The summed E-state index contributed by atoms with van der Waals surface area (Å²) in [6.07, 6.45) is 7.16. The van der Waals surface area contributed by atoms with Gasteiger partial charge in [0, 0.05) is 12.1 Å². The number of ether oxygens (including phenoxy) is 3. The van der Waals surface area contributed by atoms with Gasteiger partial charge in [0.05, 0.1) is 32.9 Å². The van der Waals surface area contributed by atoms with Crippen molar-refractivity contribution in [2.24, 2.45) is 0 Å². The number of benzene rings is 2. The van der Waals surface area contributed by atoms with Crippen molar-refractivity contribution in [1.82, 2.24) is 4.90 Å². The molecule has 0 N–H and O–H groups in total. The van der Waals surface area contributed by atoms with Crippen LogP contribution in [0.5, 0.6) is 17.2 Å². The molecule has 8 heteroatoms. The Hall–Kier alpha value is -3.81. The third-order valence-electron chi connectivity index (χ3n) is 6.86. The summed E-state index contributed by atoms with van der Waals surface area (Å²) in [5, 5.41) is 0. The number of carbonyl (C=O) groups is 3. The van der Waals surface area contributed by atoms with Crippen LogP contribution in [0.2, 0.25) is 0 Å². The number of nitrogens with zero attached hydrogens (tertiary/aromatic N) is 2. The topological polar surface area (TPSA) is 85.4 Å². The van der Waals surface area contributed by atoms with E-state index in [0.29, 0.717) is 48.1 Å². The number of allylic oxidation sites excluding steroid dienone is 1. The molecule has 1 saturated heterocycles. The van der Waals surface area contributed by atoms with E-state index in [4.69, 9.17) is 14.2 Å². The first-order valence-electron chi connectivity index (χ1n) is 12.8. The molecule has 0 spiro atoms. The normalized spacial score (nSPS) is 17.4. The fourth-order valence-electron chi connectivity index (χ4n) is 4.92. The van der Waals surface area contributed by atoms with Gasteiger partial charge in [-0.25, -0.2) is 4.90 Å². The van der Waals surface area contributed by atoms with Gasteiger partial charge in [-0.15, -0.1) is 0 Å². The second-order valence-corrected chi connectivity index (χ2v) is 9.14. The summed E-state index contributed by atoms with van der Waals surface area (Å²) in [6, 6.07) is 10.9. The molecular formula is C29H34N2O6. The third kappa shape index (κ3) is 5.79. The molecule has 1 aliphatic heterocycles. The Balaban J connectivity index is 1.62. The lowest BCUT2D eigenvalue weighted by atomic mass is 9.96. The van der Waals surface area contributed by atoms with Gasteiger partial charge in [0.15, 0.2) is 11.5 Å². The molecule has 0 aromatic heterocycles. The number of methoxy groups -OCH3 is 2. The standard InChI is InChI=1S/C29H34N2O6/c1-4-37-23-13-11-22(12-14-23)31-27(32)19-24(29(31)34)30(17-16-20-8-6-5-7-9-20)28(33)21-10-15-25(35-2)26(18-21)36-3/h8,10-15,18,24H,4-7,9,16-17,19H2,1-3H3. The van der Waals surface area contributed by atoms with E-state index in [-0.39, 0.29) is 18.2 Å². The summed E-state index contributed by atoms with van der Waals surface area (Å²) in [6.45, 7) is 2.76. The highest BCUT2D eigenvalue weighted by Gasteiger charge is 2.44. The van der Waals surface area contributed by atoms with Crippen LogP contribution in [-0.4, -0.2) is 56.0 Å². The minimum absolute atomic E-state index is 0.0654. The molecule has 1 fully saturated rings. The molecule has 37 heavy (non-hydrogen) atoms. The number of amides is 3. The number of rotatable bonds is 10. The molecular weight excluding hydrogens is 472 g/mol. The molecule has 0 bridgehead atoms. The molecule has 2 aliphatic rings. The van der Waals surface area contributed by atoms with Crippen LogP contribution in [0.4, 0.5) is 5.69 Å². The van der Waals surface area contributed by atoms with Crippen molar-refractivity contribution in [3.63, 3.8) is 0 Å². The van der Waals surface area contributed by atoms with E-state index in [2.05, 4.69) is 6.08 Å². The quantitative estimate of drug-likeness (QED) is 0.341. The lowest BCUT2D eigenvalue weighted by molar-refractivity contribution is -0.122. The lowest BCUT2D eigenvalue weighted by Gasteiger charge is -2.29. The number of hydrogen-bond donors (Lipinski definition) is 0. The zero-order chi connectivity index (χ0) is 26.4. The number of carbonyl (C=O) groups excluding carboxylic acids is 3. The van der Waals surface area contributed by atoms with Gasteiger partial charge >= 0.3 is 0 Å². The predicted octanol–water partition coefficient (Wildman–Crippen LogP) is 4.77. The summed E-state index contributed by atoms with van der Waals surface area (Å²) in [7, 11) is 3.04. The average Bonchev–Trinajstić information content (AvgIpc) is 3.22. The van der Waals surface area contributed by atoms with Crippen LogP contribution in [0.25, 0.3) is 0 Å². The molecule has 0 saturated carbocycles. The van der Waals surface area contributed by atoms with Gasteiger partial charge in [-0.2, -0.15) is 0 Å². The zero-order valence-electron chi connectivity index (χ0n) is 21.7. The molecule has 1 atom stereocenters. The molecule has 1 aliphatic carbocycles. The highest BCUT2D eigenvalue weighted by Crippen LogP contribution is 2.32. The molecule has 2 aromatic rings. The van der Waals surface area contributed by atoms with E-state index in [9.17, 15) is 14.4 Å². The highest BCUT2D eigenvalue weighted by atomic mass is 16.5. The first-order valence-corrected chi connectivity index (χ1v) is 12.8. The Labute approximate surface area is 217 Å². The Morgan fingerprint density at radius 2 is 1.78 bits per heavy atom. The second-order valence-electron chi connectivity index (χ2n) is 9.14. The van der Waals surface area contributed by atoms with Gasteiger partial charge in [0.25, 0.3) is 11.8 Å². The van der Waals surface area contributed by atoms with Crippen molar-refractivity contribution < 1.29 is 28.6 Å². The highest BCUT2D eigenvalue weighted by molar-refractivity contribution is 6.23. The average molecular weight is 507 g/mol. The van der Waals surface area contributed by atoms with Crippen LogP contribution in [0.3, 0.4) is 0 Å². The van der Waals surface area contributed by atoms with Crippen molar-refractivity contribution in [2.75, 3.05) is 32.3 Å². The number of hydrogen-bond acceptors (Lipinski definition) is 6. The van der Waals surface area contributed by atoms with Gasteiger partial charge in [0.1, 0.15) is 11.8 Å². The molecule has 8 nitrogen and oxygen atoms in total. The largest absolute Gasteiger partial charge is 0.494 e. The van der Waals surface area contributed by atoms with Gasteiger partial charge in [-0.1, -0.05) is 11.6 Å². The fraction of sp³-hybridized carbons (Fsp3) is 0.414. The van der Waals surface area contributed by atoms with Gasteiger partial charge in [-0.3, -0.25) is 14.4 Å². The van der Waals surface area contributed by atoms with E-state index >= 15 is 0 Å². The minimum Gasteiger partial charge on any atom is -0.494 e. The molecule has 4 rings (SSSR count). The Bertz CT molecular complexity index is 1170. The van der Waals surface area contributed by atoms with E-state index in [1.165, 1.54) is 31.1 Å². The van der Waals surface area contributed by atoms with Crippen molar-refractivity contribution in [2.45, 2.75) is 51.5 Å². The van der Waals surface area contributed by atoms with Gasteiger partial charge in [-0.05, 0) is 81.5 Å². The van der Waals surface area contributed by atoms with E-state index in [1.807, 2.05) is 6.92 Å². The van der Waals surface area contributed by atoms with Crippen LogP contribution in [-0.2, 0) is 9.59 Å². The summed E-state index contributed by atoms with van der Waals surface area (Å²) in [5.74, 6) is 0.534. The van der Waals surface area contributed by atoms with Gasteiger partial charge in [0.2, 0.25) is 5.91 Å².